The third-order valence-electron chi connectivity index (χ3n) is 4.41. The predicted molar refractivity (Wildman–Crippen MR) is 68.1 cm³/mol. The molecule has 0 aromatic rings. The van der Waals surface area contributed by atoms with Crippen LogP contribution in [0.15, 0.2) is 0 Å². The number of hydrogen-bond acceptors (Lipinski definition) is 4. The summed E-state index contributed by atoms with van der Waals surface area (Å²) < 4.78 is 10.7. The fourth-order valence-corrected chi connectivity index (χ4v) is 2.46. The molecule has 1 amide bonds. The van der Waals surface area contributed by atoms with E-state index in [1.54, 1.807) is 0 Å². The molecule has 2 heterocycles. The largest absolute Gasteiger partial charge is 0.381 e. The van der Waals surface area contributed by atoms with E-state index in [1.807, 2.05) is 6.92 Å². The lowest BCUT2D eigenvalue weighted by molar-refractivity contribution is -0.131. The fraction of sp³-hybridized carbons (Fsp3) is 0.923. The van der Waals surface area contributed by atoms with Gasteiger partial charge in [0.25, 0.3) is 0 Å². The van der Waals surface area contributed by atoms with Crippen LogP contribution in [0.5, 0.6) is 0 Å². The number of hydrogen-bond donors (Lipinski definition) is 2. The molecule has 0 saturated carbocycles. The summed E-state index contributed by atoms with van der Waals surface area (Å²) in [5.74, 6) is 0.0141. The monoisotopic (exact) mass is 256 g/mol. The minimum atomic E-state index is -0.582. The summed E-state index contributed by atoms with van der Waals surface area (Å²) in [5.41, 5.74) is 5.51. The quantitative estimate of drug-likeness (QED) is 0.761. The van der Waals surface area contributed by atoms with Gasteiger partial charge in [0.1, 0.15) is 0 Å². The average Bonchev–Trinajstić information content (AvgIpc) is 2.69. The zero-order valence-corrected chi connectivity index (χ0v) is 11.3. The molecule has 2 aliphatic rings. The van der Waals surface area contributed by atoms with Crippen LogP contribution in [-0.2, 0) is 14.3 Å². The van der Waals surface area contributed by atoms with Crippen molar-refractivity contribution in [3.8, 4) is 0 Å². The van der Waals surface area contributed by atoms with Crippen LogP contribution in [0.2, 0.25) is 0 Å². The van der Waals surface area contributed by atoms with Crippen LogP contribution in [0.1, 0.15) is 26.7 Å². The van der Waals surface area contributed by atoms with Crippen molar-refractivity contribution in [1.29, 1.82) is 0 Å². The minimum absolute atomic E-state index is 0.0141. The smallest absolute Gasteiger partial charge is 0.229 e. The van der Waals surface area contributed by atoms with E-state index in [9.17, 15) is 4.79 Å². The van der Waals surface area contributed by atoms with Crippen LogP contribution in [0.3, 0.4) is 0 Å². The lowest BCUT2D eigenvalue weighted by Gasteiger charge is -2.35. The van der Waals surface area contributed by atoms with Crippen LogP contribution >= 0.6 is 0 Å². The standard InChI is InChI=1S/C13H24N2O3/c1-12(3-5-17-6-4-12)8-15-11(16)13(2)9-18-7-10(13)14/h10H,3-9,14H2,1-2H3,(H,15,16). The molecule has 2 fully saturated rings. The van der Waals surface area contributed by atoms with Crippen LogP contribution in [0, 0.1) is 10.8 Å². The van der Waals surface area contributed by atoms with E-state index in [2.05, 4.69) is 12.2 Å². The third kappa shape index (κ3) is 2.68. The second-order valence-corrected chi connectivity index (χ2v) is 6.14. The Bertz CT molecular complexity index is 315. The molecule has 0 radical (unpaired) electrons. The summed E-state index contributed by atoms with van der Waals surface area (Å²) in [6, 6.07) is -0.208. The van der Waals surface area contributed by atoms with Gasteiger partial charge in [0.05, 0.1) is 18.6 Å². The molecule has 18 heavy (non-hydrogen) atoms. The molecule has 5 nitrogen and oxygen atoms in total. The highest BCUT2D eigenvalue weighted by molar-refractivity contribution is 5.83. The van der Waals surface area contributed by atoms with E-state index in [-0.39, 0.29) is 17.4 Å². The van der Waals surface area contributed by atoms with Gasteiger partial charge < -0.3 is 20.5 Å². The van der Waals surface area contributed by atoms with Gasteiger partial charge >= 0.3 is 0 Å². The van der Waals surface area contributed by atoms with E-state index >= 15 is 0 Å². The van der Waals surface area contributed by atoms with Crippen molar-refractivity contribution >= 4 is 5.91 Å². The van der Waals surface area contributed by atoms with Gasteiger partial charge in [0.2, 0.25) is 5.91 Å². The normalized spacial score (nSPS) is 35.4. The Hall–Kier alpha value is -0.650. The molecule has 0 spiro atoms. The average molecular weight is 256 g/mol. The van der Waals surface area contributed by atoms with E-state index in [4.69, 9.17) is 15.2 Å². The van der Waals surface area contributed by atoms with Crippen molar-refractivity contribution < 1.29 is 14.3 Å². The van der Waals surface area contributed by atoms with Gasteiger partial charge in [-0.15, -0.1) is 0 Å². The predicted octanol–water partition coefficient (Wildman–Crippen LogP) is 0.283. The van der Waals surface area contributed by atoms with Crippen molar-refractivity contribution in [3.05, 3.63) is 0 Å². The van der Waals surface area contributed by atoms with Crippen LogP contribution < -0.4 is 11.1 Å². The highest BCUT2D eigenvalue weighted by Gasteiger charge is 2.44. The Balaban J connectivity index is 1.88. The van der Waals surface area contributed by atoms with Crippen molar-refractivity contribution in [1.82, 2.24) is 5.32 Å². The van der Waals surface area contributed by atoms with Crippen LogP contribution in [-0.4, -0.2) is 44.9 Å². The lowest BCUT2D eigenvalue weighted by Crippen LogP contribution is -2.52. The molecule has 2 rings (SSSR count). The first-order valence-electron chi connectivity index (χ1n) is 6.66. The van der Waals surface area contributed by atoms with E-state index < -0.39 is 5.41 Å². The molecule has 2 unspecified atom stereocenters. The maximum atomic E-state index is 12.3. The second kappa shape index (κ2) is 5.15. The van der Waals surface area contributed by atoms with Gasteiger partial charge in [-0.05, 0) is 25.2 Å². The fourth-order valence-electron chi connectivity index (χ4n) is 2.46. The molecule has 3 N–H and O–H groups in total. The number of amides is 1. The molecule has 0 aromatic heterocycles. The molecule has 0 aromatic carbocycles. The minimum Gasteiger partial charge on any atom is -0.381 e. The van der Waals surface area contributed by atoms with Gasteiger partial charge in [-0.25, -0.2) is 0 Å². The summed E-state index contributed by atoms with van der Waals surface area (Å²) in [5, 5.41) is 3.05. The van der Waals surface area contributed by atoms with Crippen molar-refractivity contribution in [2.24, 2.45) is 16.6 Å². The highest BCUT2D eigenvalue weighted by atomic mass is 16.5. The Kier molecular flexibility index (Phi) is 3.94. The Morgan fingerprint density at radius 1 is 1.33 bits per heavy atom. The molecular weight excluding hydrogens is 232 g/mol. The van der Waals surface area contributed by atoms with Gasteiger partial charge in [-0.1, -0.05) is 6.92 Å². The van der Waals surface area contributed by atoms with E-state index in [0.29, 0.717) is 19.8 Å². The Labute approximate surface area is 108 Å². The summed E-state index contributed by atoms with van der Waals surface area (Å²) in [6.07, 6.45) is 1.99. The Morgan fingerprint density at radius 2 is 2.00 bits per heavy atom. The molecular formula is C13H24N2O3. The van der Waals surface area contributed by atoms with Crippen molar-refractivity contribution in [2.75, 3.05) is 33.0 Å². The number of nitrogens with two attached hydrogens (primary N) is 1. The number of ether oxygens (including phenoxy) is 2. The zero-order valence-electron chi connectivity index (χ0n) is 11.3. The first-order valence-corrected chi connectivity index (χ1v) is 6.66. The van der Waals surface area contributed by atoms with E-state index in [1.165, 1.54) is 0 Å². The second-order valence-electron chi connectivity index (χ2n) is 6.14. The molecule has 0 bridgehead atoms. The number of rotatable bonds is 3. The third-order valence-corrected chi connectivity index (χ3v) is 4.41. The first-order chi connectivity index (χ1) is 8.46. The molecule has 0 aliphatic carbocycles. The summed E-state index contributed by atoms with van der Waals surface area (Å²) in [7, 11) is 0. The molecule has 5 heteroatoms. The number of carbonyl (C=O) groups excluding carboxylic acids is 1. The Morgan fingerprint density at radius 3 is 2.56 bits per heavy atom. The first kappa shape index (κ1) is 13.8. The number of carbonyl (C=O) groups is 1. The van der Waals surface area contributed by atoms with Crippen molar-refractivity contribution in [3.63, 3.8) is 0 Å². The topological polar surface area (TPSA) is 73.6 Å². The zero-order chi connectivity index (χ0) is 13.2. The van der Waals surface area contributed by atoms with Gasteiger partial charge in [0.15, 0.2) is 0 Å². The maximum absolute atomic E-state index is 12.3. The van der Waals surface area contributed by atoms with Gasteiger partial charge in [0, 0.05) is 25.8 Å². The van der Waals surface area contributed by atoms with Crippen LogP contribution in [0.4, 0.5) is 0 Å². The highest BCUT2D eigenvalue weighted by Crippen LogP contribution is 2.31. The molecule has 2 atom stereocenters. The summed E-state index contributed by atoms with van der Waals surface area (Å²) >= 11 is 0. The van der Waals surface area contributed by atoms with Gasteiger partial charge in [-0.2, -0.15) is 0 Å². The number of nitrogens with one attached hydrogen (secondary N) is 1. The molecule has 104 valence electrons. The molecule has 2 saturated heterocycles. The van der Waals surface area contributed by atoms with Gasteiger partial charge in [-0.3, -0.25) is 4.79 Å². The summed E-state index contributed by atoms with van der Waals surface area (Å²) in [6.45, 7) is 7.22. The van der Waals surface area contributed by atoms with E-state index in [0.717, 1.165) is 26.1 Å². The molecule has 2 aliphatic heterocycles. The summed E-state index contributed by atoms with van der Waals surface area (Å²) in [4.78, 5) is 12.3. The SMILES string of the molecule is CC1(CNC(=O)C2(C)COCC2N)CCOCC1. The maximum Gasteiger partial charge on any atom is 0.229 e. The lowest BCUT2D eigenvalue weighted by atomic mass is 9.81. The van der Waals surface area contributed by atoms with Crippen molar-refractivity contribution in [2.45, 2.75) is 32.7 Å². The van der Waals surface area contributed by atoms with Crippen LogP contribution in [0.25, 0.3) is 0 Å².